The van der Waals surface area contributed by atoms with Crippen LogP contribution in [0.3, 0.4) is 0 Å². The van der Waals surface area contributed by atoms with Crippen LogP contribution in [0.25, 0.3) is 16.6 Å². The first-order chi connectivity index (χ1) is 10.6. The number of ether oxygens (including phenoxy) is 1. The molecule has 0 aliphatic heterocycles. The standard InChI is InChI=1S/C15H15N3O3S/c1-9(22-8-13(19)21-2)14(20)10(7-16)15-17-11-5-3-4-6-12(11)18-15/h3-6,9,20H,8H2,1-2H3,(H,17,18)/t9-/m1/s1. The Morgan fingerprint density at radius 3 is 2.91 bits per heavy atom. The molecule has 0 spiro atoms. The number of H-pyrrole nitrogens is 1. The number of imidazole rings is 1. The van der Waals surface area contributed by atoms with E-state index in [1.165, 1.54) is 18.9 Å². The van der Waals surface area contributed by atoms with Crippen molar-refractivity contribution < 1.29 is 14.6 Å². The predicted molar refractivity (Wildman–Crippen MR) is 85.2 cm³/mol. The van der Waals surface area contributed by atoms with E-state index in [1.807, 2.05) is 30.3 Å². The van der Waals surface area contributed by atoms with Crippen LogP contribution in [0.5, 0.6) is 0 Å². The lowest BCUT2D eigenvalue weighted by Crippen LogP contribution is -2.10. The number of allylic oxidation sites excluding steroid dienone is 1. The summed E-state index contributed by atoms with van der Waals surface area (Å²) in [5, 5.41) is 19.2. The number of fused-ring (bicyclic) bond motifs is 1. The van der Waals surface area contributed by atoms with E-state index >= 15 is 0 Å². The third-order valence-corrected chi connectivity index (χ3v) is 4.18. The van der Waals surface area contributed by atoms with E-state index in [4.69, 9.17) is 0 Å². The van der Waals surface area contributed by atoms with E-state index in [2.05, 4.69) is 14.7 Å². The Kier molecular flexibility index (Phi) is 5.07. The van der Waals surface area contributed by atoms with E-state index in [0.717, 1.165) is 5.52 Å². The number of methoxy groups -OCH3 is 1. The quantitative estimate of drug-likeness (QED) is 0.499. The number of hydrogen-bond acceptors (Lipinski definition) is 6. The van der Waals surface area contributed by atoms with Gasteiger partial charge in [0.25, 0.3) is 0 Å². The van der Waals surface area contributed by atoms with Crippen molar-refractivity contribution >= 4 is 34.3 Å². The molecular weight excluding hydrogens is 302 g/mol. The van der Waals surface area contributed by atoms with E-state index < -0.39 is 5.25 Å². The highest BCUT2D eigenvalue weighted by Crippen LogP contribution is 2.25. The number of carbonyl (C=O) groups excluding carboxylic acids is 1. The molecule has 0 aliphatic carbocycles. The van der Waals surface area contributed by atoms with Gasteiger partial charge in [0.2, 0.25) is 0 Å². The number of thioether (sulfide) groups is 1. The number of nitrogens with one attached hydrogen (secondary N) is 1. The minimum Gasteiger partial charge on any atom is -0.510 e. The number of nitriles is 1. The number of carbonyl (C=O) groups is 1. The number of aromatic nitrogens is 2. The fourth-order valence-electron chi connectivity index (χ4n) is 1.84. The minimum absolute atomic E-state index is 0.0704. The summed E-state index contributed by atoms with van der Waals surface area (Å²) in [5.41, 5.74) is 1.57. The van der Waals surface area contributed by atoms with Gasteiger partial charge >= 0.3 is 5.97 Å². The van der Waals surface area contributed by atoms with Crippen LogP contribution in [0.2, 0.25) is 0 Å². The predicted octanol–water partition coefficient (Wildman–Crippen LogP) is 2.65. The van der Waals surface area contributed by atoms with Crippen LogP contribution in [0.1, 0.15) is 12.7 Å². The van der Waals surface area contributed by atoms with Crippen LogP contribution in [0.15, 0.2) is 30.0 Å². The molecule has 0 saturated heterocycles. The summed E-state index contributed by atoms with van der Waals surface area (Å²) in [7, 11) is 1.30. The SMILES string of the molecule is COC(=O)CS[C@H](C)C(O)=C(C#N)c1nc2ccccc2[nH]1. The van der Waals surface area contributed by atoms with Crippen molar-refractivity contribution in [2.45, 2.75) is 12.2 Å². The van der Waals surface area contributed by atoms with E-state index in [-0.39, 0.29) is 23.1 Å². The molecule has 0 aliphatic rings. The molecule has 0 radical (unpaired) electrons. The molecule has 1 atom stereocenters. The second kappa shape index (κ2) is 7.00. The number of rotatable bonds is 5. The highest BCUT2D eigenvalue weighted by molar-refractivity contribution is 8.00. The number of benzene rings is 1. The van der Waals surface area contributed by atoms with Crippen molar-refractivity contribution in [3.8, 4) is 6.07 Å². The average molecular weight is 317 g/mol. The maximum atomic E-state index is 11.1. The number of aromatic amines is 1. The lowest BCUT2D eigenvalue weighted by molar-refractivity contribution is -0.137. The molecule has 6 nitrogen and oxygen atoms in total. The van der Waals surface area contributed by atoms with Gasteiger partial charge in [-0.05, 0) is 19.1 Å². The molecule has 0 saturated carbocycles. The smallest absolute Gasteiger partial charge is 0.315 e. The molecule has 0 bridgehead atoms. The van der Waals surface area contributed by atoms with Crippen LogP contribution in [0.4, 0.5) is 0 Å². The van der Waals surface area contributed by atoms with Crippen molar-refractivity contribution in [2.24, 2.45) is 0 Å². The van der Waals surface area contributed by atoms with Gasteiger partial charge in [0.15, 0.2) is 5.82 Å². The molecule has 0 amide bonds. The maximum Gasteiger partial charge on any atom is 0.315 e. The van der Waals surface area contributed by atoms with Gasteiger partial charge in [0.1, 0.15) is 17.4 Å². The second-order valence-corrected chi connectivity index (χ2v) is 5.83. The van der Waals surface area contributed by atoms with Crippen molar-refractivity contribution in [1.82, 2.24) is 9.97 Å². The molecule has 2 N–H and O–H groups in total. The molecule has 1 heterocycles. The van der Waals surface area contributed by atoms with Gasteiger partial charge in [-0.25, -0.2) is 4.98 Å². The number of aliphatic hydroxyl groups excluding tert-OH is 1. The van der Waals surface area contributed by atoms with Crippen LogP contribution < -0.4 is 0 Å². The molecule has 0 fully saturated rings. The van der Waals surface area contributed by atoms with Gasteiger partial charge in [-0.1, -0.05) is 12.1 Å². The average Bonchev–Trinajstić information content (AvgIpc) is 2.96. The first-order valence-electron chi connectivity index (χ1n) is 6.53. The van der Waals surface area contributed by atoms with Crippen molar-refractivity contribution in [2.75, 3.05) is 12.9 Å². The summed E-state index contributed by atoms with van der Waals surface area (Å²) in [4.78, 5) is 18.4. The Balaban J connectivity index is 2.28. The number of hydrogen-bond donors (Lipinski definition) is 2. The highest BCUT2D eigenvalue weighted by Gasteiger charge is 2.19. The zero-order valence-corrected chi connectivity index (χ0v) is 13.0. The Morgan fingerprint density at radius 2 is 2.27 bits per heavy atom. The molecule has 7 heteroatoms. The Hall–Kier alpha value is -2.46. The molecule has 1 aromatic heterocycles. The van der Waals surface area contributed by atoms with Gasteiger partial charge in [0, 0.05) is 0 Å². The molecule has 0 unspecified atom stereocenters. The van der Waals surface area contributed by atoms with Crippen molar-refractivity contribution in [3.05, 3.63) is 35.8 Å². The summed E-state index contributed by atoms with van der Waals surface area (Å²) >= 11 is 1.19. The minimum atomic E-state index is -0.429. The maximum absolute atomic E-state index is 11.1. The zero-order valence-electron chi connectivity index (χ0n) is 12.2. The van der Waals surface area contributed by atoms with Crippen LogP contribution >= 0.6 is 11.8 Å². The number of nitrogens with zero attached hydrogens (tertiary/aromatic N) is 2. The summed E-state index contributed by atoms with van der Waals surface area (Å²) in [6.45, 7) is 1.71. The molecule has 1 aromatic carbocycles. The van der Waals surface area contributed by atoms with Gasteiger partial charge < -0.3 is 14.8 Å². The fraction of sp³-hybridized carbons (Fsp3) is 0.267. The number of esters is 1. The Bertz CT molecular complexity index is 728. The van der Waals surface area contributed by atoms with E-state index in [1.54, 1.807) is 6.92 Å². The largest absolute Gasteiger partial charge is 0.510 e. The summed E-state index contributed by atoms with van der Waals surface area (Å²) in [6, 6.07) is 9.33. The highest BCUT2D eigenvalue weighted by atomic mass is 32.2. The van der Waals surface area contributed by atoms with E-state index in [9.17, 15) is 15.2 Å². The molecule has 2 rings (SSSR count). The first kappa shape index (κ1) is 15.9. The second-order valence-electron chi connectivity index (χ2n) is 4.50. The molecular formula is C15H15N3O3S. The monoisotopic (exact) mass is 317 g/mol. The summed E-state index contributed by atoms with van der Waals surface area (Å²) in [6.07, 6.45) is 0. The lowest BCUT2D eigenvalue weighted by Gasteiger charge is -2.10. The van der Waals surface area contributed by atoms with E-state index in [0.29, 0.717) is 11.3 Å². The summed E-state index contributed by atoms with van der Waals surface area (Å²) in [5.74, 6) is -0.0883. The van der Waals surface area contributed by atoms with Gasteiger partial charge in [0.05, 0.1) is 29.1 Å². The van der Waals surface area contributed by atoms with Crippen molar-refractivity contribution in [1.29, 1.82) is 5.26 Å². The summed E-state index contributed by atoms with van der Waals surface area (Å²) < 4.78 is 4.55. The Labute approximate surface area is 131 Å². The van der Waals surface area contributed by atoms with Gasteiger partial charge in [-0.15, -0.1) is 11.8 Å². The van der Waals surface area contributed by atoms with Gasteiger partial charge in [-0.3, -0.25) is 4.79 Å². The normalized spacial score (nSPS) is 13.3. The number of para-hydroxylation sites is 2. The zero-order chi connectivity index (χ0) is 16.1. The van der Waals surface area contributed by atoms with Crippen LogP contribution in [0, 0.1) is 11.3 Å². The third-order valence-electron chi connectivity index (χ3n) is 3.06. The van der Waals surface area contributed by atoms with Gasteiger partial charge in [-0.2, -0.15) is 5.26 Å². The number of aliphatic hydroxyl groups is 1. The fourth-order valence-corrected chi connectivity index (χ4v) is 2.62. The molecule has 114 valence electrons. The lowest BCUT2D eigenvalue weighted by atomic mass is 10.2. The van der Waals surface area contributed by atoms with Crippen molar-refractivity contribution in [3.63, 3.8) is 0 Å². The molecule has 22 heavy (non-hydrogen) atoms. The van der Waals surface area contributed by atoms with Crippen LogP contribution in [-0.4, -0.2) is 39.2 Å². The topological polar surface area (TPSA) is 99.0 Å². The van der Waals surface area contributed by atoms with Crippen LogP contribution in [-0.2, 0) is 9.53 Å². The first-order valence-corrected chi connectivity index (χ1v) is 7.58. The molecule has 2 aromatic rings. The third kappa shape index (κ3) is 3.40. The Morgan fingerprint density at radius 1 is 1.55 bits per heavy atom.